The number of pyridine rings is 1. The van der Waals surface area contributed by atoms with Crippen molar-refractivity contribution in [1.29, 1.82) is 0 Å². The number of rotatable bonds is 6. The van der Waals surface area contributed by atoms with E-state index in [4.69, 9.17) is 4.74 Å². The summed E-state index contributed by atoms with van der Waals surface area (Å²) in [4.78, 5) is 16.8. The van der Waals surface area contributed by atoms with E-state index in [0.717, 1.165) is 11.1 Å². The number of aryl methyl sites for hydroxylation is 1. The number of nitrogens with zero attached hydrogens (tertiary/aromatic N) is 2. The third-order valence-electron chi connectivity index (χ3n) is 4.65. The molecule has 5 nitrogen and oxygen atoms in total. The largest absolute Gasteiger partial charge is 0.454 e. The highest BCUT2D eigenvalue weighted by molar-refractivity contribution is 5.94. The molecule has 4 rings (SSSR count). The lowest BCUT2D eigenvalue weighted by molar-refractivity contribution is 0.0950. The molecular weight excluding hydrogens is 400 g/mol. The summed E-state index contributed by atoms with van der Waals surface area (Å²) < 4.78 is 34.9. The number of hydrogen-bond donors (Lipinski definition) is 1. The molecule has 1 amide bonds. The van der Waals surface area contributed by atoms with Crippen molar-refractivity contribution in [3.05, 3.63) is 102 Å². The summed E-state index contributed by atoms with van der Waals surface area (Å²) in [7, 11) is 1.91. The second-order valence-electron chi connectivity index (χ2n) is 7.00. The minimum Gasteiger partial charge on any atom is -0.454 e. The third kappa shape index (κ3) is 4.95. The van der Waals surface area contributed by atoms with Crippen LogP contribution in [0.2, 0.25) is 0 Å². The van der Waals surface area contributed by atoms with Crippen LogP contribution in [0.3, 0.4) is 0 Å². The predicted octanol–water partition coefficient (Wildman–Crippen LogP) is 5.09. The van der Waals surface area contributed by atoms with Crippen LogP contribution in [0.4, 0.5) is 8.78 Å². The normalized spacial score (nSPS) is 10.7. The molecule has 156 valence electrons. The Morgan fingerprint density at radius 2 is 1.87 bits per heavy atom. The topological polar surface area (TPSA) is 56.1 Å². The van der Waals surface area contributed by atoms with Gasteiger partial charge in [-0.15, -0.1) is 0 Å². The summed E-state index contributed by atoms with van der Waals surface area (Å²) in [5, 5.41) is 2.73. The monoisotopic (exact) mass is 419 g/mol. The van der Waals surface area contributed by atoms with E-state index < -0.39 is 11.7 Å². The van der Waals surface area contributed by atoms with Crippen LogP contribution in [0.1, 0.15) is 15.9 Å². The van der Waals surface area contributed by atoms with E-state index in [1.54, 1.807) is 30.5 Å². The van der Waals surface area contributed by atoms with E-state index in [1.807, 2.05) is 30.1 Å². The minimum absolute atomic E-state index is 0.0698. The number of amides is 1. The first-order chi connectivity index (χ1) is 15.0. The summed E-state index contributed by atoms with van der Waals surface area (Å²) in [6, 6.07) is 15.0. The van der Waals surface area contributed by atoms with Gasteiger partial charge in [0.15, 0.2) is 11.6 Å². The van der Waals surface area contributed by atoms with E-state index in [0.29, 0.717) is 11.4 Å². The van der Waals surface area contributed by atoms with Crippen LogP contribution in [-0.4, -0.2) is 15.5 Å². The Morgan fingerprint density at radius 3 is 2.61 bits per heavy atom. The molecule has 0 saturated carbocycles. The van der Waals surface area contributed by atoms with Crippen LogP contribution in [0, 0.1) is 11.6 Å². The Morgan fingerprint density at radius 1 is 1.06 bits per heavy atom. The Balaban J connectivity index is 1.49. The van der Waals surface area contributed by atoms with Gasteiger partial charge < -0.3 is 14.6 Å². The molecule has 0 bridgehead atoms. The van der Waals surface area contributed by atoms with Crippen molar-refractivity contribution >= 4 is 5.91 Å². The molecule has 31 heavy (non-hydrogen) atoms. The average Bonchev–Trinajstić information content (AvgIpc) is 3.21. The quantitative estimate of drug-likeness (QED) is 0.474. The van der Waals surface area contributed by atoms with Gasteiger partial charge in [0, 0.05) is 49.4 Å². The third-order valence-corrected chi connectivity index (χ3v) is 4.65. The molecule has 0 unspecified atom stereocenters. The fourth-order valence-electron chi connectivity index (χ4n) is 3.02. The van der Waals surface area contributed by atoms with Gasteiger partial charge in [0.1, 0.15) is 11.6 Å². The fraction of sp³-hybridized carbons (Fsp3) is 0.0833. The lowest BCUT2D eigenvalue weighted by atomic mass is 10.1. The molecule has 0 spiro atoms. The molecule has 0 fully saturated rings. The van der Waals surface area contributed by atoms with Gasteiger partial charge in [-0.3, -0.25) is 9.78 Å². The maximum absolute atomic E-state index is 14.3. The first-order valence-electron chi connectivity index (χ1n) is 9.56. The van der Waals surface area contributed by atoms with E-state index in [9.17, 15) is 13.6 Å². The zero-order valence-corrected chi connectivity index (χ0v) is 16.7. The Hall–Kier alpha value is -4.00. The van der Waals surface area contributed by atoms with Gasteiger partial charge in [0.25, 0.3) is 5.91 Å². The second kappa shape index (κ2) is 8.79. The van der Waals surface area contributed by atoms with E-state index in [-0.39, 0.29) is 23.7 Å². The van der Waals surface area contributed by atoms with Crippen LogP contribution < -0.4 is 10.1 Å². The molecule has 2 aromatic carbocycles. The summed E-state index contributed by atoms with van der Waals surface area (Å²) in [5.74, 6) is -1.000. The number of nitrogens with one attached hydrogen (secondary N) is 1. The van der Waals surface area contributed by atoms with E-state index in [1.165, 1.54) is 30.3 Å². The fourth-order valence-corrected chi connectivity index (χ4v) is 3.02. The highest BCUT2D eigenvalue weighted by Crippen LogP contribution is 2.28. The van der Waals surface area contributed by atoms with E-state index >= 15 is 0 Å². The van der Waals surface area contributed by atoms with Crippen molar-refractivity contribution < 1.29 is 18.3 Å². The molecule has 2 heterocycles. The average molecular weight is 419 g/mol. The SMILES string of the molecule is Cn1ccc(-c2cc(Oc3cc(C(=O)NCc4ccc(F)cc4)ccc3F)ccn2)c1. The van der Waals surface area contributed by atoms with Gasteiger partial charge in [0.05, 0.1) is 5.69 Å². The van der Waals surface area contributed by atoms with Gasteiger partial charge in [-0.2, -0.15) is 0 Å². The molecule has 0 radical (unpaired) electrons. The molecule has 4 aromatic rings. The molecule has 1 N–H and O–H groups in total. The van der Waals surface area contributed by atoms with Crippen LogP contribution in [0.15, 0.2) is 79.3 Å². The lowest BCUT2D eigenvalue weighted by Crippen LogP contribution is -2.22. The van der Waals surface area contributed by atoms with Crippen LogP contribution in [-0.2, 0) is 13.6 Å². The number of halogens is 2. The molecule has 2 aromatic heterocycles. The molecule has 0 saturated heterocycles. The predicted molar refractivity (Wildman–Crippen MR) is 113 cm³/mol. The molecule has 0 aliphatic carbocycles. The highest BCUT2D eigenvalue weighted by Gasteiger charge is 2.12. The highest BCUT2D eigenvalue weighted by atomic mass is 19.1. The summed E-state index contributed by atoms with van der Waals surface area (Å²) >= 11 is 0. The van der Waals surface area contributed by atoms with Crippen molar-refractivity contribution in [2.24, 2.45) is 7.05 Å². The number of aromatic nitrogens is 2. The number of benzene rings is 2. The standard InChI is InChI=1S/C24H19F2N3O2/c1-29-11-9-18(15-29)22-13-20(8-10-27-22)31-23-12-17(4-7-21(23)26)24(30)28-14-16-2-5-19(25)6-3-16/h2-13,15H,14H2,1H3,(H,28,30). The maximum atomic E-state index is 14.3. The second-order valence-corrected chi connectivity index (χ2v) is 7.00. The van der Waals surface area contributed by atoms with Gasteiger partial charge in [-0.25, -0.2) is 8.78 Å². The zero-order chi connectivity index (χ0) is 21.8. The van der Waals surface area contributed by atoms with E-state index in [2.05, 4.69) is 10.3 Å². The smallest absolute Gasteiger partial charge is 0.251 e. The van der Waals surface area contributed by atoms with Crippen LogP contribution in [0.5, 0.6) is 11.5 Å². The molecular formula is C24H19F2N3O2. The van der Waals surface area contributed by atoms with Crippen molar-refractivity contribution in [2.75, 3.05) is 0 Å². The Bertz CT molecular complexity index is 1220. The minimum atomic E-state index is -0.590. The van der Waals surface area contributed by atoms with Crippen LogP contribution >= 0.6 is 0 Å². The first-order valence-corrected chi connectivity index (χ1v) is 9.56. The summed E-state index contributed by atoms with van der Waals surface area (Å²) in [5.41, 5.74) is 2.59. The summed E-state index contributed by atoms with van der Waals surface area (Å²) in [6.45, 7) is 0.220. The molecule has 0 aliphatic heterocycles. The summed E-state index contributed by atoms with van der Waals surface area (Å²) in [6.07, 6.45) is 5.39. The number of hydrogen-bond acceptors (Lipinski definition) is 3. The van der Waals surface area contributed by atoms with Crippen molar-refractivity contribution in [1.82, 2.24) is 14.9 Å². The van der Waals surface area contributed by atoms with Gasteiger partial charge in [0.2, 0.25) is 0 Å². The lowest BCUT2D eigenvalue weighted by Gasteiger charge is -2.10. The molecule has 7 heteroatoms. The maximum Gasteiger partial charge on any atom is 0.251 e. The van der Waals surface area contributed by atoms with Gasteiger partial charge in [-0.1, -0.05) is 12.1 Å². The number of ether oxygens (including phenoxy) is 1. The van der Waals surface area contributed by atoms with Crippen molar-refractivity contribution in [3.63, 3.8) is 0 Å². The van der Waals surface area contributed by atoms with Crippen molar-refractivity contribution in [3.8, 4) is 22.8 Å². The van der Waals surface area contributed by atoms with Gasteiger partial charge in [-0.05, 0) is 48.0 Å². The van der Waals surface area contributed by atoms with Gasteiger partial charge >= 0.3 is 0 Å². The first kappa shape index (κ1) is 20.3. The number of carbonyl (C=O) groups is 1. The Labute approximate surface area is 177 Å². The number of carbonyl (C=O) groups excluding carboxylic acids is 1. The van der Waals surface area contributed by atoms with Crippen molar-refractivity contribution in [2.45, 2.75) is 6.54 Å². The zero-order valence-electron chi connectivity index (χ0n) is 16.7. The molecule has 0 atom stereocenters. The molecule has 0 aliphatic rings. The Kier molecular flexibility index (Phi) is 5.75. The van der Waals surface area contributed by atoms with Crippen LogP contribution in [0.25, 0.3) is 11.3 Å².